The molecule has 17 heavy (non-hydrogen) atoms. The van der Waals surface area contributed by atoms with Gasteiger partial charge in [0.25, 0.3) is 5.91 Å². The Kier molecular flexibility index (Phi) is 3.44. The third-order valence-electron chi connectivity index (χ3n) is 2.78. The van der Waals surface area contributed by atoms with Crippen molar-refractivity contribution in [3.63, 3.8) is 0 Å². The fourth-order valence-corrected chi connectivity index (χ4v) is 1.65. The van der Waals surface area contributed by atoms with E-state index in [0.29, 0.717) is 18.5 Å². The van der Waals surface area contributed by atoms with Crippen molar-refractivity contribution in [1.29, 1.82) is 0 Å². The maximum atomic E-state index is 11.8. The quantitative estimate of drug-likeness (QED) is 0.750. The normalized spacial score (nSPS) is 12.6. The van der Waals surface area contributed by atoms with Gasteiger partial charge in [-0.2, -0.15) is 0 Å². The lowest BCUT2D eigenvalue weighted by Gasteiger charge is -2.09. The Morgan fingerprint density at radius 1 is 1.47 bits per heavy atom. The lowest BCUT2D eigenvalue weighted by atomic mass is 10.1. The Labute approximate surface area is 99.7 Å². The number of aliphatic hydroxyl groups excluding tert-OH is 1. The summed E-state index contributed by atoms with van der Waals surface area (Å²) in [7, 11) is 0. The minimum Gasteiger partial charge on any atom is -0.391 e. The third-order valence-corrected chi connectivity index (χ3v) is 2.78. The van der Waals surface area contributed by atoms with E-state index in [9.17, 15) is 9.90 Å². The van der Waals surface area contributed by atoms with Crippen molar-refractivity contribution in [2.75, 3.05) is 6.54 Å². The highest BCUT2D eigenvalue weighted by atomic mass is 16.3. The predicted molar refractivity (Wildman–Crippen MR) is 66.9 cm³/mol. The van der Waals surface area contributed by atoms with E-state index in [1.54, 1.807) is 6.07 Å². The Bertz CT molecular complexity index is 519. The van der Waals surface area contributed by atoms with Gasteiger partial charge in [-0.25, -0.2) is 0 Å². The zero-order valence-corrected chi connectivity index (χ0v) is 9.73. The van der Waals surface area contributed by atoms with E-state index in [-0.39, 0.29) is 5.91 Å². The van der Waals surface area contributed by atoms with E-state index in [2.05, 4.69) is 10.3 Å². The second-order valence-electron chi connectivity index (χ2n) is 4.05. The van der Waals surface area contributed by atoms with Crippen molar-refractivity contribution in [3.05, 3.63) is 36.0 Å². The van der Waals surface area contributed by atoms with Gasteiger partial charge < -0.3 is 15.4 Å². The molecule has 0 saturated carbocycles. The average Bonchev–Trinajstić information content (AvgIpc) is 2.82. The Morgan fingerprint density at radius 3 is 3.06 bits per heavy atom. The monoisotopic (exact) mass is 232 g/mol. The molecule has 1 atom stereocenters. The smallest absolute Gasteiger partial charge is 0.251 e. The number of aromatic amines is 1. The number of aliphatic hydroxyl groups is 1. The number of H-pyrrole nitrogens is 1. The van der Waals surface area contributed by atoms with Crippen molar-refractivity contribution < 1.29 is 9.90 Å². The molecule has 0 aliphatic heterocycles. The molecule has 2 aromatic rings. The highest BCUT2D eigenvalue weighted by Gasteiger charge is 2.08. The molecule has 0 saturated heterocycles. The zero-order chi connectivity index (χ0) is 12.3. The Morgan fingerprint density at radius 2 is 2.29 bits per heavy atom. The molecule has 4 nitrogen and oxygen atoms in total. The fraction of sp³-hybridized carbons (Fsp3) is 0.308. The number of amides is 1. The number of hydrogen-bond acceptors (Lipinski definition) is 2. The lowest BCUT2D eigenvalue weighted by Crippen LogP contribution is -2.31. The summed E-state index contributed by atoms with van der Waals surface area (Å²) in [5.74, 6) is -0.152. The van der Waals surface area contributed by atoms with Gasteiger partial charge in [-0.3, -0.25) is 4.79 Å². The number of aromatic nitrogens is 1. The van der Waals surface area contributed by atoms with Gasteiger partial charge in [0, 0.05) is 29.2 Å². The summed E-state index contributed by atoms with van der Waals surface area (Å²) in [6.45, 7) is 2.17. The largest absolute Gasteiger partial charge is 0.391 e. The molecular formula is C13H16N2O2. The first-order valence-corrected chi connectivity index (χ1v) is 5.74. The van der Waals surface area contributed by atoms with Crippen molar-refractivity contribution in [2.24, 2.45) is 0 Å². The molecule has 90 valence electrons. The molecule has 0 aliphatic rings. The molecule has 0 spiro atoms. The van der Waals surface area contributed by atoms with Crippen molar-refractivity contribution in [1.82, 2.24) is 10.3 Å². The Hall–Kier alpha value is -1.81. The Balaban J connectivity index is 2.08. The lowest BCUT2D eigenvalue weighted by molar-refractivity contribution is 0.0914. The molecule has 2 rings (SSSR count). The van der Waals surface area contributed by atoms with Crippen molar-refractivity contribution in [3.8, 4) is 0 Å². The van der Waals surface area contributed by atoms with Crippen LogP contribution in [-0.2, 0) is 0 Å². The van der Waals surface area contributed by atoms with Gasteiger partial charge in [-0.15, -0.1) is 0 Å². The number of nitrogens with one attached hydrogen (secondary N) is 2. The maximum absolute atomic E-state index is 11.8. The summed E-state index contributed by atoms with van der Waals surface area (Å²) in [6, 6.07) is 7.40. The molecule has 4 heteroatoms. The summed E-state index contributed by atoms with van der Waals surface area (Å²) in [5.41, 5.74) is 1.62. The van der Waals surface area contributed by atoms with Crippen LogP contribution in [0.25, 0.3) is 10.9 Å². The molecule has 1 unspecified atom stereocenters. The standard InChI is InChI=1S/C13H16N2O2/c1-2-11(16)8-15-13(17)10-3-4-12-9(7-10)5-6-14-12/h3-7,11,14,16H,2,8H2,1H3,(H,15,17). The van der Waals surface area contributed by atoms with E-state index in [0.717, 1.165) is 10.9 Å². The van der Waals surface area contributed by atoms with Gasteiger partial charge in [-0.1, -0.05) is 6.92 Å². The van der Waals surface area contributed by atoms with E-state index < -0.39 is 6.10 Å². The summed E-state index contributed by atoms with van der Waals surface area (Å²) in [5, 5.41) is 13.1. The van der Waals surface area contributed by atoms with Gasteiger partial charge in [0.15, 0.2) is 0 Å². The van der Waals surface area contributed by atoms with Crippen LogP contribution in [0.5, 0.6) is 0 Å². The second kappa shape index (κ2) is 5.01. The number of hydrogen-bond donors (Lipinski definition) is 3. The van der Waals surface area contributed by atoms with Crippen molar-refractivity contribution in [2.45, 2.75) is 19.4 Å². The number of rotatable bonds is 4. The summed E-state index contributed by atoms with van der Waals surface area (Å²) < 4.78 is 0. The number of benzene rings is 1. The molecule has 0 bridgehead atoms. The molecule has 0 radical (unpaired) electrons. The van der Waals surface area contributed by atoms with Crippen LogP contribution < -0.4 is 5.32 Å². The van der Waals surface area contributed by atoms with Gasteiger partial charge in [0.1, 0.15) is 0 Å². The van der Waals surface area contributed by atoms with Crippen LogP contribution in [0.3, 0.4) is 0 Å². The molecule has 1 aromatic carbocycles. The van der Waals surface area contributed by atoms with Crippen LogP contribution in [0.15, 0.2) is 30.5 Å². The topological polar surface area (TPSA) is 65.1 Å². The highest BCUT2D eigenvalue weighted by molar-refractivity contribution is 5.98. The van der Waals surface area contributed by atoms with E-state index in [1.165, 1.54) is 0 Å². The van der Waals surface area contributed by atoms with Crippen LogP contribution >= 0.6 is 0 Å². The molecule has 0 fully saturated rings. The second-order valence-corrected chi connectivity index (χ2v) is 4.05. The van der Waals surface area contributed by atoms with E-state index >= 15 is 0 Å². The molecule has 0 aliphatic carbocycles. The SMILES string of the molecule is CCC(O)CNC(=O)c1ccc2[nH]ccc2c1. The average molecular weight is 232 g/mol. The van der Waals surface area contributed by atoms with Crippen LogP contribution in [0, 0.1) is 0 Å². The van der Waals surface area contributed by atoms with Crippen molar-refractivity contribution >= 4 is 16.8 Å². The van der Waals surface area contributed by atoms with Gasteiger partial charge in [0.05, 0.1) is 6.10 Å². The van der Waals surface area contributed by atoms with Crippen LogP contribution in [0.2, 0.25) is 0 Å². The summed E-state index contributed by atoms with van der Waals surface area (Å²) >= 11 is 0. The molecule has 3 N–H and O–H groups in total. The minimum absolute atomic E-state index is 0.152. The fourth-order valence-electron chi connectivity index (χ4n) is 1.65. The minimum atomic E-state index is -0.477. The first-order valence-electron chi connectivity index (χ1n) is 5.74. The summed E-state index contributed by atoms with van der Waals surface area (Å²) in [4.78, 5) is 14.9. The third kappa shape index (κ3) is 2.65. The van der Waals surface area contributed by atoms with Gasteiger partial charge >= 0.3 is 0 Å². The molecular weight excluding hydrogens is 216 g/mol. The summed E-state index contributed by atoms with van der Waals surface area (Å²) in [6.07, 6.45) is 2.00. The first kappa shape index (κ1) is 11.7. The molecule has 1 amide bonds. The maximum Gasteiger partial charge on any atom is 0.251 e. The number of fused-ring (bicyclic) bond motifs is 1. The van der Waals surface area contributed by atoms with E-state index in [4.69, 9.17) is 0 Å². The van der Waals surface area contributed by atoms with Gasteiger partial charge in [-0.05, 0) is 30.7 Å². The number of carbonyl (C=O) groups is 1. The molecule has 1 heterocycles. The van der Waals surface area contributed by atoms with Crippen LogP contribution in [-0.4, -0.2) is 28.6 Å². The van der Waals surface area contributed by atoms with E-state index in [1.807, 2.05) is 31.3 Å². The zero-order valence-electron chi connectivity index (χ0n) is 9.73. The predicted octanol–water partition coefficient (Wildman–Crippen LogP) is 1.67. The van der Waals surface area contributed by atoms with Gasteiger partial charge in [0.2, 0.25) is 0 Å². The first-order chi connectivity index (χ1) is 8.20. The molecule has 1 aromatic heterocycles. The highest BCUT2D eigenvalue weighted by Crippen LogP contribution is 2.14. The van der Waals surface area contributed by atoms with Crippen LogP contribution in [0.4, 0.5) is 0 Å². The van der Waals surface area contributed by atoms with Crippen LogP contribution in [0.1, 0.15) is 23.7 Å². The number of carbonyl (C=O) groups excluding carboxylic acids is 1.